The first kappa shape index (κ1) is 27.5. The van der Waals surface area contributed by atoms with Gasteiger partial charge in [-0.2, -0.15) is 0 Å². The Hall–Kier alpha value is -4.62. The van der Waals surface area contributed by atoms with Crippen molar-refractivity contribution in [1.82, 2.24) is 9.55 Å². The van der Waals surface area contributed by atoms with Crippen LogP contribution in [0.1, 0.15) is 64.4 Å². The molecule has 0 radical (unpaired) electrons. The molecule has 0 spiro atoms. The van der Waals surface area contributed by atoms with Gasteiger partial charge in [0.25, 0.3) is 0 Å². The molecule has 4 aromatic carbocycles. The van der Waals surface area contributed by atoms with Crippen LogP contribution >= 0.6 is 11.6 Å². The second-order valence-corrected chi connectivity index (χ2v) is 11.0. The molecule has 8 heteroatoms. The maximum Gasteiger partial charge on any atom is 0.335 e. The third-order valence-corrected chi connectivity index (χ3v) is 8.15. The summed E-state index contributed by atoms with van der Waals surface area (Å²) < 4.78 is 8.43. The van der Waals surface area contributed by atoms with Crippen LogP contribution in [0.4, 0.5) is 0 Å². The number of nitrogens with zero attached hydrogens (tertiary/aromatic N) is 2. The maximum atomic E-state index is 11.6. The molecule has 1 aliphatic carbocycles. The molecule has 6 rings (SSSR count). The van der Waals surface area contributed by atoms with Crippen molar-refractivity contribution in [2.75, 3.05) is 0 Å². The van der Waals surface area contributed by atoms with Gasteiger partial charge in [-0.05, 0) is 96.3 Å². The van der Waals surface area contributed by atoms with Gasteiger partial charge in [-0.1, -0.05) is 49.1 Å². The Morgan fingerprint density at radius 1 is 0.810 bits per heavy atom. The topological polar surface area (TPSA) is 102 Å². The molecule has 1 heterocycles. The molecule has 2 N–H and O–H groups in total. The lowest BCUT2D eigenvalue weighted by molar-refractivity contribution is 0.0686. The van der Waals surface area contributed by atoms with E-state index in [0.29, 0.717) is 22.3 Å². The number of fused-ring (bicyclic) bond motifs is 1. The van der Waals surface area contributed by atoms with Gasteiger partial charge in [0.1, 0.15) is 18.2 Å². The van der Waals surface area contributed by atoms with Gasteiger partial charge >= 0.3 is 11.9 Å². The van der Waals surface area contributed by atoms with Crippen LogP contribution in [0.2, 0.25) is 5.02 Å². The predicted octanol–water partition coefficient (Wildman–Crippen LogP) is 8.50. The number of halogens is 1. The van der Waals surface area contributed by atoms with Crippen molar-refractivity contribution in [2.45, 2.75) is 44.8 Å². The quantitative estimate of drug-likeness (QED) is 0.191. The van der Waals surface area contributed by atoms with Crippen LogP contribution < -0.4 is 4.74 Å². The summed E-state index contributed by atoms with van der Waals surface area (Å²) in [5.74, 6) is -0.479. The predicted molar refractivity (Wildman–Crippen MR) is 162 cm³/mol. The number of imidazole rings is 1. The van der Waals surface area contributed by atoms with Crippen LogP contribution in [0, 0.1) is 0 Å². The molecule has 7 nitrogen and oxygen atoms in total. The molecule has 212 valence electrons. The number of rotatable bonds is 8. The fourth-order valence-corrected chi connectivity index (χ4v) is 5.87. The number of benzene rings is 4. The minimum atomic E-state index is -0.994. The van der Waals surface area contributed by atoms with E-state index in [4.69, 9.17) is 21.3 Å². The standard InChI is InChI=1S/C34H29ClN2O5/c35-26-13-8-21(9-14-26)29-18-23(33(38)39)6-7-25(29)20-42-28-15-10-22(11-16-28)32-36-30-19-24(34(40)41)12-17-31(30)37(32)27-4-2-1-3-5-27/h6-19,27H,1-5,20H2,(H,38,39)(H,40,41). The zero-order valence-electron chi connectivity index (χ0n) is 22.8. The van der Waals surface area contributed by atoms with E-state index in [1.807, 2.05) is 42.5 Å². The molecule has 42 heavy (non-hydrogen) atoms. The fraction of sp³-hybridized carbons (Fsp3) is 0.206. The van der Waals surface area contributed by atoms with Gasteiger partial charge in [0, 0.05) is 16.6 Å². The first-order chi connectivity index (χ1) is 20.4. The Labute approximate surface area is 248 Å². The second kappa shape index (κ2) is 11.7. The van der Waals surface area contributed by atoms with E-state index in [1.165, 1.54) is 6.42 Å². The van der Waals surface area contributed by atoms with E-state index in [0.717, 1.165) is 59.3 Å². The Balaban J connectivity index is 1.29. The number of hydrogen-bond donors (Lipinski definition) is 2. The zero-order chi connectivity index (χ0) is 29.2. The van der Waals surface area contributed by atoms with Gasteiger partial charge in [-0.3, -0.25) is 0 Å². The van der Waals surface area contributed by atoms with Gasteiger partial charge < -0.3 is 19.5 Å². The highest BCUT2D eigenvalue weighted by molar-refractivity contribution is 6.30. The number of hydrogen-bond acceptors (Lipinski definition) is 4. The highest BCUT2D eigenvalue weighted by Gasteiger charge is 2.23. The van der Waals surface area contributed by atoms with Gasteiger partial charge in [0.05, 0.1) is 22.2 Å². The summed E-state index contributed by atoms with van der Waals surface area (Å²) in [6.45, 7) is 0.246. The molecule has 0 amide bonds. The number of carbonyl (C=O) groups is 2. The van der Waals surface area contributed by atoms with E-state index in [1.54, 1.807) is 42.5 Å². The third-order valence-electron chi connectivity index (χ3n) is 7.90. The van der Waals surface area contributed by atoms with Crippen molar-refractivity contribution in [3.8, 4) is 28.3 Å². The van der Waals surface area contributed by atoms with Crippen LogP contribution in [0.5, 0.6) is 5.75 Å². The number of carboxylic acids is 2. The molecule has 0 unspecified atom stereocenters. The second-order valence-electron chi connectivity index (χ2n) is 10.6. The normalized spacial score (nSPS) is 13.7. The largest absolute Gasteiger partial charge is 0.489 e. The maximum absolute atomic E-state index is 11.6. The first-order valence-corrected chi connectivity index (χ1v) is 14.4. The van der Waals surface area contributed by atoms with Crippen LogP contribution in [0.3, 0.4) is 0 Å². The van der Waals surface area contributed by atoms with Crippen LogP contribution in [-0.4, -0.2) is 31.7 Å². The van der Waals surface area contributed by atoms with Crippen LogP contribution in [0.15, 0.2) is 84.9 Å². The molecule has 1 saturated carbocycles. The summed E-state index contributed by atoms with van der Waals surface area (Å²) in [6, 6.07) is 25.5. The van der Waals surface area contributed by atoms with Crippen molar-refractivity contribution < 1.29 is 24.5 Å². The van der Waals surface area contributed by atoms with Crippen molar-refractivity contribution in [1.29, 1.82) is 0 Å². The molecular formula is C34H29ClN2O5. The van der Waals surface area contributed by atoms with Crippen molar-refractivity contribution in [3.63, 3.8) is 0 Å². The third kappa shape index (κ3) is 5.60. The minimum absolute atomic E-state index is 0.199. The van der Waals surface area contributed by atoms with Gasteiger partial charge in [0.15, 0.2) is 0 Å². The zero-order valence-corrected chi connectivity index (χ0v) is 23.6. The fourth-order valence-electron chi connectivity index (χ4n) is 5.74. The summed E-state index contributed by atoms with van der Waals surface area (Å²) in [7, 11) is 0. The molecule has 0 bridgehead atoms. The van der Waals surface area contributed by atoms with E-state index in [-0.39, 0.29) is 17.7 Å². The minimum Gasteiger partial charge on any atom is -0.489 e. The van der Waals surface area contributed by atoms with E-state index in [2.05, 4.69) is 4.57 Å². The van der Waals surface area contributed by atoms with Gasteiger partial charge in [0.2, 0.25) is 0 Å². The average Bonchev–Trinajstić information content (AvgIpc) is 3.40. The van der Waals surface area contributed by atoms with Crippen LogP contribution in [0.25, 0.3) is 33.5 Å². The Kier molecular flexibility index (Phi) is 7.68. The lowest BCUT2D eigenvalue weighted by atomic mass is 9.95. The number of aromatic carboxylic acids is 2. The highest BCUT2D eigenvalue weighted by Crippen LogP contribution is 2.37. The first-order valence-electron chi connectivity index (χ1n) is 14.0. The smallest absolute Gasteiger partial charge is 0.335 e. The van der Waals surface area contributed by atoms with Gasteiger partial charge in [-0.15, -0.1) is 0 Å². The van der Waals surface area contributed by atoms with Crippen molar-refractivity contribution >= 4 is 34.6 Å². The molecule has 1 aliphatic rings. The summed E-state index contributed by atoms with van der Waals surface area (Å²) in [4.78, 5) is 28.1. The highest BCUT2D eigenvalue weighted by atomic mass is 35.5. The molecule has 0 atom stereocenters. The Bertz CT molecular complexity index is 1770. The Morgan fingerprint density at radius 3 is 2.14 bits per heavy atom. The molecular weight excluding hydrogens is 552 g/mol. The van der Waals surface area contributed by atoms with Crippen molar-refractivity contribution in [3.05, 3.63) is 107 Å². The molecule has 0 saturated heterocycles. The molecule has 0 aliphatic heterocycles. The van der Waals surface area contributed by atoms with E-state index >= 15 is 0 Å². The van der Waals surface area contributed by atoms with Crippen LogP contribution in [-0.2, 0) is 6.61 Å². The number of carboxylic acid groups (broad SMARTS) is 2. The average molecular weight is 581 g/mol. The monoisotopic (exact) mass is 580 g/mol. The Morgan fingerprint density at radius 2 is 1.45 bits per heavy atom. The summed E-state index contributed by atoms with van der Waals surface area (Å²) >= 11 is 6.07. The van der Waals surface area contributed by atoms with E-state index < -0.39 is 11.9 Å². The summed E-state index contributed by atoms with van der Waals surface area (Å²) in [5, 5.41) is 19.6. The van der Waals surface area contributed by atoms with E-state index in [9.17, 15) is 19.8 Å². The number of ether oxygens (including phenoxy) is 1. The lowest BCUT2D eigenvalue weighted by Gasteiger charge is -2.25. The number of aromatic nitrogens is 2. The summed E-state index contributed by atoms with van der Waals surface area (Å²) in [6.07, 6.45) is 5.69. The van der Waals surface area contributed by atoms with Crippen molar-refractivity contribution in [2.24, 2.45) is 0 Å². The molecule has 1 fully saturated rings. The molecule has 5 aromatic rings. The molecule has 1 aromatic heterocycles. The SMILES string of the molecule is O=C(O)c1ccc(COc2ccc(-c3nc4cc(C(=O)O)ccc4n3C3CCCCC3)cc2)c(-c2ccc(Cl)cc2)c1. The lowest BCUT2D eigenvalue weighted by Crippen LogP contribution is -2.14. The van der Waals surface area contributed by atoms with Gasteiger partial charge in [-0.25, -0.2) is 14.6 Å². The summed E-state index contributed by atoms with van der Waals surface area (Å²) in [5.41, 5.74) is 5.43.